The molecule has 0 bridgehead atoms. The molecule has 2 heterocycles. The zero-order valence-electron chi connectivity index (χ0n) is 16.7. The Kier molecular flexibility index (Phi) is 5.62. The lowest BCUT2D eigenvalue weighted by atomic mass is 10.1. The molecule has 150 valence electrons. The second-order valence-electron chi connectivity index (χ2n) is 7.93. The fourth-order valence-corrected chi connectivity index (χ4v) is 4.06. The predicted molar refractivity (Wildman–Crippen MR) is 112 cm³/mol. The predicted octanol–water partition coefficient (Wildman–Crippen LogP) is 3.77. The van der Waals surface area contributed by atoms with Crippen molar-refractivity contribution in [2.45, 2.75) is 38.6 Å². The molecule has 0 spiro atoms. The van der Waals surface area contributed by atoms with Gasteiger partial charge in [0.2, 0.25) is 5.95 Å². The maximum absolute atomic E-state index is 14.1. The Morgan fingerprint density at radius 3 is 2.57 bits per heavy atom. The average Bonchev–Trinajstić information content (AvgIpc) is 3.19. The van der Waals surface area contributed by atoms with E-state index in [0.29, 0.717) is 12.0 Å². The highest BCUT2D eigenvalue weighted by Crippen LogP contribution is 2.27. The molecule has 7 heteroatoms. The second kappa shape index (κ2) is 8.31. The van der Waals surface area contributed by atoms with E-state index in [-0.39, 0.29) is 5.82 Å². The largest absolute Gasteiger partial charge is 0.369 e. The number of hydrogen-bond acceptors (Lipinski definition) is 6. The van der Waals surface area contributed by atoms with Gasteiger partial charge in [0.15, 0.2) is 11.6 Å². The molecule has 2 aromatic rings. The molecule has 2 N–H and O–H groups in total. The van der Waals surface area contributed by atoms with Crippen molar-refractivity contribution in [2.24, 2.45) is 0 Å². The summed E-state index contributed by atoms with van der Waals surface area (Å²) in [6.45, 7) is 6.37. The van der Waals surface area contributed by atoms with Crippen molar-refractivity contribution >= 4 is 23.1 Å². The molecule has 0 amide bonds. The number of anilines is 4. The first kappa shape index (κ1) is 18.9. The Balaban J connectivity index is 1.46. The Morgan fingerprint density at radius 2 is 1.86 bits per heavy atom. The summed E-state index contributed by atoms with van der Waals surface area (Å²) in [5.41, 5.74) is 3.39. The van der Waals surface area contributed by atoms with Crippen molar-refractivity contribution in [3.63, 3.8) is 0 Å². The van der Waals surface area contributed by atoms with E-state index in [1.807, 2.05) is 6.07 Å². The van der Waals surface area contributed by atoms with E-state index in [9.17, 15) is 4.39 Å². The van der Waals surface area contributed by atoms with Crippen molar-refractivity contribution in [2.75, 3.05) is 48.8 Å². The van der Waals surface area contributed by atoms with Gasteiger partial charge in [-0.25, -0.2) is 9.37 Å². The minimum atomic E-state index is -0.404. The van der Waals surface area contributed by atoms with Crippen LogP contribution in [-0.2, 0) is 0 Å². The quantitative estimate of drug-likeness (QED) is 0.818. The van der Waals surface area contributed by atoms with Crippen LogP contribution in [0, 0.1) is 12.7 Å². The minimum Gasteiger partial charge on any atom is -0.369 e. The molecule has 28 heavy (non-hydrogen) atoms. The summed E-state index contributed by atoms with van der Waals surface area (Å²) in [4.78, 5) is 13.2. The van der Waals surface area contributed by atoms with Gasteiger partial charge in [-0.2, -0.15) is 4.98 Å². The van der Waals surface area contributed by atoms with Gasteiger partial charge < -0.3 is 20.4 Å². The van der Waals surface area contributed by atoms with Crippen LogP contribution in [0.5, 0.6) is 0 Å². The molecule has 4 rings (SSSR count). The average molecular weight is 385 g/mol. The monoisotopic (exact) mass is 384 g/mol. The van der Waals surface area contributed by atoms with E-state index in [1.54, 1.807) is 0 Å². The number of aryl methyl sites for hydroxylation is 1. The molecule has 1 aliphatic carbocycles. The molecule has 1 saturated carbocycles. The van der Waals surface area contributed by atoms with Crippen molar-refractivity contribution < 1.29 is 4.39 Å². The van der Waals surface area contributed by atoms with Gasteiger partial charge in [-0.15, -0.1) is 0 Å². The standard InChI is InChI=1S/C21H29FN6/c1-15-13-17(7-8-19(15)28-11-9-27(2)10-12-28)25-21-23-14-18(22)20(26-21)24-16-5-3-4-6-16/h7-8,13-14,16H,3-6,9-12H2,1-2H3,(H2,23,24,25,26). The molecular weight excluding hydrogens is 355 g/mol. The van der Waals surface area contributed by atoms with Crippen molar-refractivity contribution in [1.29, 1.82) is 0 Å². The number of benzene rings is 1. The van der Waals surface area contributed by atoms with Crippen molar-refractivity contribution in [3.05, 3.63) is 35.8 Å². The van der Waals surface area contributed by atoms with Crippen LogP contribution in [0.4, 0.5) is 27.5 Å². The lowest BCUT2D eigenvalue weighted by Gasteiger charge is -2.35. The molecule has 2 aliphatic rings. The first-order chi connectivity index (χ1) is 13.6. The highest BCUT2D eigenvalue weighted by atomic mass is 19.1. The lowest BCUT2D eigenvalue weighted by Crippen LogP contribution is -2.44. The SMILES string of the molecule is Cc1cc(Nc2ncc(F)c(NC3CCCC3)n2)ccc1N1CCN(C)CC1. The summed E-state index contributed by atoms with van der Waals surface area (Å²) in [7, 11) is 2.16. The fourth-order valence-electron chi connectivity index (χ4n) is 4.06. The van der Waals surface area contributed by atoms with Crippen LogP contribution in [0.15, 0.2) is 24.4 Å². The molecule has 0 unspecified atom stereocenters. The molecule has 6 nitrogen and oxygen atoms in total. The summed E-state index contributed by atoms with van der Waals surface area (Å²) >= 11 is 0. The highest BCUT2D eigenvalue weighted by molar-refractivity contribution is 5.64. The topological polar surface area (TPSA) is 56.3 Å². The molecule has 1 aliphatic heterocycles. The van der Waals surface area contributed by atoms with Crippen LogP contribution in [-0.4, -0.2) is 54.1 Å². The van der Waals surface area contributed by atoms with Crippen LogP contribution in [0.2, 0.25) is 0 Å². The van der Waals surface area contributed by atoms with E-state index in [2.05, 4.69) is 56.5 Å². The van der Waals surface area contributed by atoms with E-state index < -0.39 is 5.82 Å². The van der Waals surface area contributed by atoms with Crippen molar-refractivity contribution in [3.8, 4) is 0 Å². The molecule has 2 fully saturated rings. The zero-order chi connectivity index (χ0) is 19.5. The molecular formula is C21H29FN6. The summed E-state index contributed by atoms with van der Waals surface area (Å²) in [6, 6.07) is 6.59. The second-order valence-corrected chi connectivity index (χ2v) is 7.93. The summed E-state index contributed by atoms with van der Waals surface area (Å²) < 4.78 is 14.1. The van der Waals surface area contributed by atoms with Gasteiger partial charge in [-0.05, 0) is 50.6 Å². The third kappa shape index (κ3) is 4.35. The Labute approximate surface area is 166 Å². The van der Waals surface area contributed by atoms with Crippen LogP contribution < -0.4 is 15.5 Å². The number of nitrogens with zero attached hydrogens (tertiary/aromatic N) is 4. The van der Waals surface area contributed by atoms with Gasteiger partial charge in [-0.1, -0.05) is 12.8 Å². The summed E-state index contributed by atoms with van der Waals surface area (Å²) in [5.74, 6) is 0.294. The Hall–Kier alpha value is -2.41. The van der Waals surface area contributed by atoms with Gasteiger partial charge in [-0.3, -0.25) is 0 Å². The van der Waals surface area contributed by atoms with Crippen LogP contribution in [0.3, 0.4) is 0 Å². The highest BCUT2D eigenvalue weighted by Gasteiger charge is 2.18. The van der Waals surface area contributed by atoms with Gasteiger partial charge in [0.05, 0.1) is 6.20 Å². The van der Waals surface area contributed by atoms with Crippen LogP contribution in [0.25, 0.3) is 0 Å². The zero-order valence-corrected chi connectivity index (χ0v) is 16.7. The number of rotatable bonds is 5. The van der Waals surface area contributed by atoms with Gasteiger partial charge in [0, 0.05) is 43.6 Å². The molecule has 0 atom stereocenters. The van der Waals surface area contributed by atoms with Gasteiger partial charge in [0.1, 0.15) is 0 Å². The Morgan fingerprint density at radius 1 is 1.11 bits per heavy atom. The van der Waals surface area contributed by atoms with Crippen molar-refractivity contribution in [1.82, 2.24) is 14.9 Å². The first-order valence-corrected chi connectivity index (χ1v) is 10.2. The third-order valence-electron chi connectivity index (χ3n) is 5.74. The molecule has 0 radical (unpaired) electrons. The third-order valence-corrected chi connectivity index (χ3v) is 5.74. The van der Waals surface area contributed by atoms with E-state index in [0.717, 1.165) is 44.7 Å². The first-order valence-electron chi connectivity index (χ1n) is 10.2. The smallest absolute Gasteiger partial charge is 0.229 e. The maximum atomic E-state index is 14.1. The number of hydrogen-bond donors (Lipinski definition) is 2. The van der Waals surface area contributed by atoms with E-state index in [1.165, 1.54) is 30.3 Å². The van der Waals surface area contributed by atoms with Gasteiger partial charge >= 0.3 is 0 Å². The van der Waals surface area contributed by atoms with Crippen LogP contribution >= 0.6 is 0 Å². The summed E-state index contributed by atoms with van der Waals surface area (Å²) in [5, 5.41) is 6.44. The number of likely N-dealkylation sites (N-methyl/N-ethyl adjacent to an activating group) is 1. The number of nitrogens with one attached hydrogen (secondary N) is 2. The molecule has 1 saturated heterocycles. The number of piperazine rings is 1. The number of halogens is 1. The molecule has 1 aromatic heterocycles. The van der Waals surface area contributed by atoms with Gasteiger partial charge in [0.25, 0.3) is 0 Å². The fraction of sp³-hybridized carbons (Fsp3) is 0.524. The lowest BCUT2D eigenvalue weighted by molar-refractivity contribution is 0.312. The van der Waals surface area contributed by atoms with Crippen LogP contribution in [0.1, 0.15) is 31.2 Å². The Bertz CT molecular complexity index is 813. The normalized spacial score (nSPS) is 18.5. The molecule has 1 aromatic carbocycles. The minimum absolute atomic E-state index is 0.287. The maximum Gasteiger partial charge on any atom is 0.229 e. The number of aromatic nitrogens is 2. The van der Waals surface area contributed by atoms with E-state index in [4.69, 9.17) is 0 Å². The van der Waals surface area contributed by atoms with E-state index >= 15 is 0 Å². The summed E-state index contributed by atoms with van der Waals surface area (Å²) in [6.07, 6.45) is 5.75.